The Morgan fingerprint density at radius 3 is 1.56 bits per heavy atom. The van der Waals surface area contributed by atoms with Gasteiger partial charge in [0, 0.05) is 25.2 Å². The molecule has 18 heavy (non-hydrogen) atoms. The average molecular weight is 256 g/mol. The fourth-order valence-electron chi connectivity index (χ4n) is 2.30. The summed E-state index contributed by atoms with van der Waals surface area (Å²) in [5.41, 5.74) is 0. The Morgan fingerprint density at radius 1 is 0.778 bits per heavy atom. The second kappa shape index (κ2) is 8.92. The topological polar surface area (TPSA) is 15.3 Å². The highest BCUT2D eigenvalue weighted by atomic mass is 15.2. The zero-order valence-electron chi connectivity index (χ0n) is 14.0. The summed E-state index contributed by atoms with van der Waals surface area (Å²) in [6.07, 6.45) is 0. The first-order chi connectivity index (χ1) is 8.23. The van der Waals surface area contributed by atoms with Gasteiger partial charge in [0.25, 0.3) is 0 Å². The van der Waals surface area contributed by atoms with Crippen molar-refractivity contribution < 1.29 is 0 Å². The van der Waals surface area contributed by atoms with E-state index in [1.807, 2.05) is 0 Å². The van der Waals surface area contributed by atoms with E-state index in [2.05, 4.69) is 65.6 Å². The first-order valence-electron chi connectivity index (χ1n) is 7.71. The molecule has 0 aromatic heterocycles. The van der Waals surface area contributed by atoms with E-state index in [4.69, 9.17) is 0 Å². The van der Waals surface area contributed by atoms with Crippen LogP contribution in [0.2, 0.25) is 0 Å². The second-order valence-electron chi connectivity index (χ2n) is 7.02. The average Bonchev–Trinajstić information content (AvgIpc) is 2.22. The quantitative estimate of drug-likeness (QED) is 0.678. The van der Waals surface area contributed by atoms with Gasteiger partial charge in [0.05, 0.1) is 0 Å². The van der Waals surface area contributed by atoms with E-state index >= 15 is 0 Å². The molecule has 0 amide bonds. The zero-order valence-corrected chi connectivity index (χ0v) is 14.0. The number of hydrogen-bond acceptors (Lipinski definition) is 2. The van der Waals surface area contributed by atoms with Gasteiger partial charge in [0.15, 0.2) is 0 Å². The first-order valence-corrected chi connectivity index (χ1v) is 7.71. The largest absolute Gasteiger partial charge is 0.314 e. The van der Waals surface area contributed by atoms with E-state index in [1.165, 1.54) is 13.1 Å². The van der Waals surface area contributed by atoms with Crippen molar-refractivity contribution in [3.63, 3.8) is 0 Å². The molecule has 0 aliphatic heterocycles. The highest BCUT2D eigenvalue weighted by Crippen LogP contribution is 2.15. The number of hydrogen-bond donors (Lipinski definition) is 1. The van der Waals surface area contributed by atoms with Crippen molar-refractivity contribution >= 4 is 0 Å². The van der Waals surface area contributed by atoms with Crippen LogP contribution >= 0.6 is 0 Å². The smallest absolute Gasteiger partial charge is 0.0105 e. The summed E-state index contributed by atoms with van der Waals surface area (Å²) in [5, 5.41) is 3.56. The minimum Gasteiger partial charge on any atom is -0.314 e. The molecule has 0 fully saturated rings. The van der Waals surface area contributed by atoms with Gasteiger partial charge in [-0.3, -0.25) is 4.90 Å². The van der Waals surface area contributed by atoms with E-state index < -0.39 is 0 Å². The van der Waals surface area contributed by atoms with Crippen LogP contribution in [0.1, 0.15) is 55.4 Å². The highest BCUT2D eigenvalue weighted by molar-refractivity contribution is 4.76. The lowest BCUT2D eigenvalue weighted by Gasteiger charge is -2.36. The monoisotopic (exact) mass is 256 g/mol. The van der Waals surface area contributed by atoms with Crippen LogP contribution in [0.15, 0.2) is 0 Å². The van der Waals surface area contributed by atoms with Crippen LogP contribution in [-0.2, 0) is 0 Å². The zero-order chi connectivity index (χ0) is 14.3. The van der Waals surface area contributed by atoms with Crippen LogP contribution in [0.3, 0.4) is 0 Å². The predicted molar refractivity (Wildman–Crippen MR) is 83.0 cm³/mol. The normalized spacial score (nSPS) is 16.0. The molecule has 0 rings (SSSR count). The van der Waals surface area contributed by atoms with Gasteiger partial charge in [-0.25, -0.2) is 0 Å². The van der Waals surface area contributed by atoms with E-state index in [9.17, 15) is 0 Å². The fraction of sp³-hybridized carbons (Fsp3) is 1.00. The lowest BCUT2D eigenvalue weighted by Crippen LogP contribution is -2.45. The lowest BCUT2D eigenvalue weighted by atomic mass is 9.99. The number of nitrogens with one attached hydrogen (secondary N) is 1. The van der Waals surface area contributed by atoms with Crippen molar-refractivity contribution in [1.82, 2.24) is 10.2 Å². The Kier molecular flexibility index (Phi) is 8.89. The summed E-state index contributed by atoms with van der Waals surface area (Å²) >= 11 is 0. The molecule has 0 aromatic rings. The Hall–Kier alpha value is -0.0800. The summed E-state index contributed by atoms with van der Waals surface area (Å²) in [6.45, 7) is 22.0. The third-order valence-electron chi connectivity index (χ3n) is 3.45. The molecule has 0 saturated carbocycles. The SMILES string of the molecule is CC(C)CN(CC(C)C)C(C)C(C)CNC(C)C. The van der Waals surface area contributed by atoms with Gasteiger partial charge in [-0.15, -0.1) is 0 Å². The van der Waals surface area contributed by atoms with Gasteiger partial charge in [0.1, 0.15) is 0 Å². The molecule has 0 saturated heterocycles. The molecular formula is C16H36N2. The maximum absolute atomic E-state index is 3.56. The molecule has 0 aliphatic carbocycles. The van der Waals surface area contributed by atoms with Gasteiger partial charge in [-0.1, -0.05) is 48.5 Å². The lowest BCUT2D eigenvalue weighted by molar-refractivity contribution is 0.126. The fourth-order valence-corrected chi connectivity index (χ4v) is 2.30. The molecule has 1 N–H and O–H groups in total. The van der Waals surface area contributed by atoms with Crippen LogP contribution in [0.25, 0.3) is 0 Å². The maximum atomic E-state index is 3.56. The van der Waals surface area contributed by atoms with Gasteiger partial charge in [-0.05, 0) is 31.2 Å². The Balaban J connectivity index is 4.37. The van der Waals surface area contributed by atoms with Gasteiger partial charge in [-0.2, -0.15) is 0 Å². The molecule has 0 aromatic carbocycles. The van der Waals surface area contributed by atoms with Crippen molar-refractivity contribution in [3.05, 3.63) is 0 Å². The molecule has 2 nitrogen and oxygen atoms in total. The minimum absolute atomic E-state index is 0.586. The van der Waals surface area contributed by atoms with Crippen molar-refractivity contribution in [2.24, 2.45) is 17.8 Å². The van der Waals surface area contributed by atoms with E-state index in [1.54, 1.807) is 0 Å². The van der Waals surface area contributed by atoms with Crippen molar-refractivity contribution in [3.8, 4) is 0 Å². The summed E-state index contributed by atoms with van der Waals surface area (Å²) in [7, 11) is 0. The van der Waals surface area contributed by atoms with Gasteiger partial charge in [0.2, 0.25) is 0 Å². The molecule has 0 heterocycles. The third kappa shape index (κ3) is 8.10. The Bertz CT molecular complexity index is 189. The molecule has 0 spiro atoms. The standard InChI is InChI=1S/C16H36N2/c1-12(2)10-18(11-13(3)4)16(8)15(7)9-17-14(5)6/h12-17H,9-11H2,1-8H3. The molecule has 110 valence electrons. The molecule has 0 radical (unpaired) electrons. The minimum atomic E-state index is 0.586. The number of nitrogens with zero attached hydrogens (tertiary/aromatic N) is 1. The highest BCUT2D eigenvalue weighted by Gasteiger charge is 2.21. The summed E-state index contributed by atoms with van der Waals surface area (Å²) < 4.78 is 0. The Morgan fingerprint density at radius 2 is 1.22 bits per heavy atom. The van der Waals surface area contributed by atoms with Crippen molar-refractivity contribution in [1.29, 1.82) is 0 Å². The van der Waals surface area contributed by atoms with E-state index in [-0.39, 0.29) is 0 Å². The first kappa shape index (κ1) is 17.9. The maximum Gasteiger partial charge on any atom is 0.0105 e. The molecule has 2 atom stereocenters. The van der Waals surface area contributed by atoms with Crippen LogP contribution in [-0.4, -0.2) is 36.6 Å². The molecule has 0 aliphatic rings. The van der Waals surface area contributed by atoms with E-state index in [0.29, 0.717) is 18.0 Å². The molecular weight excluding hydrogens is 220 g/mol. The van der Waals surface area contributed by atoms with Crippen LogP contribution in [0, 0.1) is 17.8 Å². The Labute approximate surface area is 116 Å². The van der Waals surface area contributed by atoms with Crippen LogP contribution in [0.5, 0.6) is 0 Å². The predicted octanol–water partition coefficient (Wildman–Crippen LogP) is 3.62. The van der Waals surface area contributed by atoms with Gasteiger partial charge >= 0.3 is 0 Å². The van der Waals surface area contributed by atoms with Gasteiger partial charge < -0.3 is 5.32 Å². The van der Waals surface area contributed by atoms with Crippen molar-refractivity contribution in [2.75, 3.05) is 19.6 Å². The summed E-state index contributed by atoms with van der Waals surface area (Å²) in [6, 6.07) is 1.24. The molecule has 2 unspecified atom stereocenters. The van der Waals surface area contributed by atoms with Crippen molar-refractivity contribution in [2.45, 2.75) is 67.5 Å². The van der Waals surface area contributed by atoms with Crippen LogP contribution in [0.4, 0.5) is 0 Å². The van der Waals surface area contributed by atoms with Crippen LogP contribution < -0.4 is 5.32 Å². The third-order valence-corrected chi connectivity index (χ3v) is 3.45. The molecule has 0 bridgehead atoms. The molecule has 2 heteroatoms. The summed E-state index contributed by atoms with van der Waals surface area (Å²) in [5.74, 6) is 2.19. The second-order valence-corrected chi connectivity index (χ2v) is 7.02. The number of rotatable bonds is 9. The summed E-state index contributed by atoms with van der Waals surface area (Å²) in [4.78, 5) is 2.67. The van der Waals surface area contributed by atoms with E-state index in [0.717, 1.165) is 18.4 Å².